The van der Waals surface area contributed by atoms with Gasteiger partial charge in [-0.2, -0.15) is 0 Å². The lowest BCUT2D eigenvalue weighted by Gasteiger charge is -2.23. The molecule has 2 heteroatoms. The molecule has 0 saturated carbocycles. The van der Waals surface area contributed by atoms with Crippen LogP contribution in [0, 0.1) is 0 Å². The van der Waals surface area contributed by atoms with Crippen molar-refractivity contribution >= 4 is 0 Å². The molecule has 0 saturated heterocycles. The Labute approximate surface area is 111 Å². The van der Waals surface area contributed by atoms with Crippen LogP contribution in [0.4, 0.5) is 0 Å². The van der Waals surface area contributed by atoms with Crippen molar-refractivity contribution in [3.05, 3.63) is 35.4 Å². The zero-order valence-electron chi connectivity index (χ0n) is 12.3. The van der Waals surface area contributed by atoms with Gasteiger partial charge >= 0.3 is 0 Å². The van der Waals surface area contributed by atoms with Gasteiger partial charge < -0.3 is 10.4 Å². The lowest BCUT2D eigenvalue weighted by atomic mass is 9.96. The van der Waals surface area contributed by atoms with Crippen LogP contribution in [0.15, 0.2) is 24.3 Å². The van der Waals surface area contributed by atoms with Crippen LogP contribution in [0.5, 0.6) is 0 Å². The predicted octanol–water partition coefficient (Wildman–Crippen LogP) is 3.62. The van der Waals surface area contributed by atoms with Gasteiger partial charge in [0, 0.05) is 12.1 Å². The van der Waals surface area contributed by atoms with E-state index in [1.165, 1.54) is 5.56 Å². The highest BCUT2D eigenvalue weighted by Crippen LogP contribution is 2.21. The summed E-state index contributed by atoms with van der Waals surface area (Å²) in [6.45, 7) is 11.3. The lowest BCUT2D eigenvalue weighted by Crippen LogP contribution is -2.38. The Morgan fingerprint density at radius 2 is 1.61 bits per heavy atom. The summed E-state index contributed by atoms with van der Waals surface area (Å²) in [4.78, 5) is 0. The number of hydrogen-bond donors (Lipinski definition) is 2. The molecule has 0 aliphatic heterocycles. The van der Waals surface area contributed by atoms with Gasteiger partial charge in [0.2, 0.25) is 0 Å². The van der Waals surface area contributed by atoms with Crippen LogP contribution in [0.2, 0.25) is 0 Å². The summed E-state index contributed by atoms with van der Waals surface area (Å²) in [6.07, 6.45) is 0.711. The van der Waals surface area contributed by atoms with Gasteiger partial charge in [0.1, 0.15) is 0 Å². The van der Waals surface area contributed by atoms with Gasteiger partial charge in [0.15, 0.2) is 0 Å². The smallest absolute Gasteiger partial charge is 0.0914 e. The third-order valence-corrected chi connectivity index (χ3v) is 3.33. The van der Waals surface area contributed by atoms with Gasteiger partial charge in [0.25, 0.3) is 0 Å². The van der Waals surface area contributed by atoms with Crippen molar-refractivity contribution in [3.8, 4) is 0 Å². The minimum atomic E-state index is -0.435. The van der Waals surface area contributed by atoms with Gasteiger partial charge in [-0.15, -0.1) is 0 Å². The number of benzene rings is 1. The summed E-state index contributed by atoms with van der Waals surface area (Å²) >= 11 is 0. The zero-order chi connectivity index (χ0) is 13.8. The molecule has 2 N–H and O–H groups in total. The molecule has 0 radical (unpaired) electrons. The molecular weight excluding hydrogens is 222 g/mol. The molecule has 0 amide bonds. The monoisotopic (exact) mass is 249 g/mol. The number of nitrogens with one attached hydrogen (secondary N) is 1. The average Bonchev–Trinajstić information content (AvgIpc) is 2.34. The Morgan fingerprint density at radius 1 is 1.11 bits per heavy atom. The van der Waals surface area contributed by atoms with Gasteiger partial charge in [-0.05, 0) is 44.2 Å². The molecular formula is C16H27NO. The molecule has 102 valence electrons. The van der Waals surface area contributed by atoms with E-state index < -0.39 is 6.10 Å². The van der Waals surface area contributed by atoms with Gasteiger partial charge in [-0.3, -0.25) is 0 Å². The van der Waals surface area contributed by atoms with E-state index in [2.05, 4.69) is 52.1 Å². The largest absolute Gasteiger partial charge is 0.387 e. The van der Waals surface area contributed by atoms with Gasteiger partial charge in [-0.1, -0.05) is 38.1 Å². The molecule has 1 aromatic rings. The standard InChI is InChI=1S/C16H27NO/c1-6-12(2)13-7-9-14(10-8-13)15(18)11-17-16(3,4)5/h7-10,12,15,17-18H,6,11H2,1-5H3. The maximum absolute atomic E-state index is 10.1. The van der Waals surface area contributed by atoms with Crippen molar-refractivity contribution in [2.24, 2.45) is 0 Å². The first-order chi connectivity index (χ1) is 8.33. The Kier molecular flexibility index (Phi) is 5.36. The fourth-order valence-corrected chi connectivity index (χ4v) is 1.80. The second-order valence-corrected chi connectivity index (χ2v) is 6.12. The topological polar surface area (TPSA) is 32.3 Å². The summed E-state index contributed by atoms with van der Waals surface area (Å²) < 4.78 is 0. The zero-order valence-corrected chi connectivity index (χ0v) is 12.3. The maximum Gasteiger partial charge on any atom is 0.0914 e. The van der Waals surface area contributed by atoms with Crippen LogP contribution in [0.1, 0.15) is 64.2 Å². The maximum atomic E-state index is 10.1. The number of aliphatic hydroxyl groups is 1. The second kappa shape index (κ2) is 6.35. The van der Waals surface area contributed by atoms with Crippen molar-refractivity contribution in [2.75, 3.05) is 6.54 Å². The number of aliphatic hydroxyl groups excluding tert-OH is 1. The van der Waals surface area contributed by atoms with Crippen LogP contribution in [0.25, 0.3) is 0 Å². The van der Waals surface area contributed by atoms with E-state index >= 15 is 0 Å². The molecule has 2 atom stereocenters. The molecule has 0 aromatic heterocycles. The molecule has 2 unspecified atom stereocenters. The quantitative estimate of drug-likeness (QED) is 0.835. The van der Waals surface area contributed by atoms with E-state index in [1.54, 1.807) is 0 Å². The molecule has 0 aliphatic rings. The van der Waals surface area contributed by atoms with E-state index in [9.17, 15) is 5.11 Å². The van der Waals surface area contributed by atoms with E-state index in [1.807, 2.05) is 12.1 Å². The Bertz CT molecular complexity index is 350. The third-order valence-electron chi connectivity index (χ3n) is 3.33. The molecule has 0 fully saturated rings. The highest BCUT2D eigenvalue weighted by molar-refractivity contribution is 5.26. The van der Waals surface area contributed by atoms with Crippen molar-refractivity contribution in [2.45, 2.75) is 58.6 Å². The summed E-state index contributed by atoms with van der Waals surface area (Å²) in [5.41, 5.74) is 2.37. The van der Waals surface area contributed by atoms with E-state index in [0.29, 0.717) is 12.5 Å². The first kappa shape index (κ1) is 15.2. The number of rotatable bonds is 5. The minimum absolute atomic E-state index is 0.0393. The van der Waals surface area contributed by atoms with E-state index in [-0.39, 0.29) is 5.54 Å². The van der Waals surface area contributed by atoms with Crippen LogP contribution >= 0.6 is 0 Å². The lowest BCUT2D eigenvalue weighted by molar-refractivity contribution is 0.163. The normalized spacial score (nSPS) is 15.4. The fraction of sp³-hybridized carbons (Fsp3) is 0.625. The molecule has 1 aromatic carbocycles. The summed E-state index contributed by atoms with van der Waals surface area (Å²) in [7, 11) is 0. The number of hydrogen-bond acceptors (Lipinski definition) is 2. The molecule has 0 bridgehead atoms. The average molecular weight is 249 g/mol. The first-order valence-electron chi connectivity index (χ1n) is 6.86. The van der Waals surface area contributed by atoms with Crippen LogP contribution in [-0.4, -0.2) is 17.2 Å². The summed E-state index contributed by atoms with van der Waals surface area (Å²) in [5, 5.41) is 13.4. The minimum Gasteiger partial charge on any atom is -0.387 e. The molecule has 0 heterocycles. The van der Waals surface area contributed by atoms with Gasteiger partial charge in [0.05, 0.1) is 6.10 Å². The fourth-order valence-electron chi connectivity index (χ4n) is 1.80. The summed E-state index contributed by atoms with van der Waals surface area (Å²) in [5.74, 6) is 0.587. The van der Waals surface area contributed by atoms with Crippen LogP contribution in [0.3, 0.4) is 0 Å². The molecule has 18 heavy (non-hydrogen) atoms. The highest BCUT2D eigenvalue weighted by atomic mass is 16.3. The van der Waals surface area contributed by atoms with Crippen molar-refractivity contribution in [1.82, 2.24) is 5.32 Å². The Balaban J connectivity index is 2.62. The first-order valence-corrected chi connectivity index (χ1v) is 6.86. The second-order valence-electron chi connectivity index (χ2n) is 6.12. The van der Waals surface area contributed by atoms with Crippen molar-refractivity contribution in [3.63, 3.8) is 0 Å². The van der Waals surface area contributed by atoms with Crippen molar-refractivity contribution < 1.29 is 5.11 Å². The third kappa shape index (κ3) is 4.79. The molecule has 2 nitrogen and oxygen atoms in total. The van der Waals surface area contributed by atoms with Crippen molar-refractivity contribution in [1.29, 1.82) is 0 Å². The molecule has 1 rings (SSSR count). The SMILES string of the molecule is CCC(C)c1ccc(C(O)CNC(C)(C)C)cc1. The highest BCUT2D eigenvalue weighted by Gasteiger charge is 2.13. The predicted molar refractivity (Wildman–Crippen MR) is 77.9 cm³/mol. The van der Waals surface area contributed by atoms with E-state index in [4.69, 9.17) is 0 Å². The van der Waals surface area contributed by atoms with Gasteiger partial charge in [-0.25, -0.2) is 0 Å². The summed E-state index contributed by atoms with van der Waals surface area (Å²) in [6, 6.07) is 8.33. The molecule has 0 aliphatic carbocycles. The molecule has 0 spiro atoms. The van der Waals surface area contributed by atoms with Crippen LogP contribution in [-0.2, 0) is 0 Å². The van der Waals surface area contributed by atoms with E-state index in [0.717, 1.165) is 12.0 Å². The Morgan fingerprint density at radius 3 is 2.06 bits per heavy atom. The number of β-amino-alcohol motifs (C(OH)–C–C–N with tert-alkyl or cyclic N) is 1. The Hall–Kier alpha value is -0.860. The van der Waals surface area contributed by atoms with Crippen LogP contribution < -0.4 is 5.32 Å².